The molecular formula is C34H54O2. The summed E-state index contributed by atoms with van der Waals surface area (Å²) in [6.07, 6.45) is 2.03. The smallest absolute Gasteiger partial charge is 0.122 e. The Kier molecular flexibility index (Phi) is 9.41. The van der Waals surface area contributed by atoms with Crippen LogP contribution < -0.4 is 0 Å². The second-order valence-electron chi connectivity index (χ2n) is 13.3. The van der Waals surface area contributed by atoms with Crippen LogP contribution in [0.5, 0.6) is 11.5 Å². The van der Waals surface area contributed by atoms with Gasteiger partial charge in [0, 0.05) is 17.0 Å². The number of phenolic OH excluding ortho intramolecular Hbond substituents is 2. The predicted molar refractivity (Wildman–Crippen MR) is 157 cm³/mol. The number of benzene rings is 2. The molecule has 0 aliphatic rings. The summed E-state index contributed by atoms with van der Waals surface area (Å²) in [6, 6.07) is 8.84. The molecule has 0 radical (unpaired) electrons. The summed E-state index contributed by atoms with van der Waals surface area (Å²) in [5.74, 6) is 1.94. The molecule has 0 aromatic heterocycles. The van der Waals surface area contributed by atoms with E-state index in [1.165, 1.54) is 11.1 Å². The van der Waals surface area contributed by atoms with Crippen LogP contribution in [0.2, 0.25) is 0 Å². The van der Waals surface area contributed by atoms with Gasteiger partial charge in [-0.25, -0.2) is 0 Å². The minimum Gasteiger partial charge on any atom is -0.507 e. The number of hydrogen-bond acceptors (Lipinski definition) is 2. The molecule has 0 aliphatic heterocycles. The molecule has 2 aromatic carbocycles. The van der Waals surface area contributed by atoms with Crippen LogP contribution in [-0.2, 0) is 10.8 Å². The fourth-order valence-corrected chi connectivity index (χ4v) is 4.79. The monoisotopic (exact) mass is 494 g/mol. The van der Waals surface area contributed by atoms with E-state index in [1.807, 2.05) is 0 Å². The van der Waals surface area contributed by atoms with Gasteiger partial charge < -0.3 is 10.2 Å². The molecule has 0 amide bonds. The highest BCUT2D eigenvalue weighted by Crippen LogP contribution is 2.47. The maximum absolute atomic E-state index is 11.7. The maximum atomic E-state index is 11.7. The van der Waals surface area contributed by atoms with Crippen molar-refractivity contribution >= 4 is 0 Å². The van der Waals surface area contributed by atoms with Crippen LogP contribution in [0.3, 0.4) is 0 Å². The van der Waals surface area contributed by atoms with Crippen LogP contribution in [0.15, 0.2) is 24.3 Å². The van der Waals surface area contributed by atoms with Gasteiger partial charge in [0.25, 0.3) is 0 Å². The quantitative estimate of drug-likeness (QED) is 0.345. The largest absolute Gasteiger partial charge is 0.507 e. The molecule has 2 unspecified atom stereocenters. The maximum Gasteiger partial charge on any atom is 0.122 e. The van der Waals surface area contributed by atoms with Crippen LogP contribution >= 0.6 is 0 Å². The number of aromatic hydroxyl groups is 2. The number of hydrogen-bond donors (Lipinski definition) is 2. The third kappa shape index (κ3) is 5.95. The van der Waals surface area contributed by atoms with Gasteiger partial charge in [0.05, 0.1) is 0 Å². The third-order valence-corrected chi connectivity index (χ3v) is 9.58. The van der Waals surface area contributed by atoms with Crippen molar-refractivity contribution in [1.82, 2.24) is 0 Å². The molecule has 0 bridgehead atoms. The Morgan fingerprint density at radius 2 is 0.833 bits per heavy atom. The SMILES string of the molecule is CCC(C)(C)c1cc(C(C)c2cc(C(C)(C)CC)cc(C(C)C(C)C)c2O)c(O)c(C(C)C(C)C)c1. The van der Waals surface area contributed by atoms with Crippen molar-refractivity contribution in [2.24, 2.45) is 11.8 Å². The van der Waals surface area contributed by atoms with Crippen LogP contribution in [0.4, 0.5) is 0 Å². The van der Waals surface area contributed by atoms with Crippen molar-refractivity contribution in [3.05, 3.63) is 57.6 Å². The third-order valence-electron chi connectivity index (χ3n) is 9.58. The van der Waals surface area contributed by atoms with E-state index < -0.39 is 0 Å². The average Bonchev–Trinajstić information content (AvgIpc) is 2.82. The molecule has 2 heteroatoms. The molecule has 2 aromatic rings. The van der Waals surface area contributed by atoms with Gasteiger partial charge in [0.15, 0.2) is 0 Å². The summed E-state index contributed by atoms with van der Waals surface area (Å²) < 4.78 is 0. The van der Waals surface area contributed by atoms with Crippen LogP contribution in [0.1, 0.15) is 154 Å². The first-order valence-corrected chi connectivity index (χ1v) is 14.2. The molecule has 202 valence electrons. The number of phenols is 2. The number of rotatable bonds is 10. The molecule has 0 aliphatic carbocycles. The summed E-state index contributed by atoms with van der Waals surface area (Å²) in [5.41, 5.74) is 6.39. The Hall–Kier alpha value is -1.96. The lowest BCUT2D eigenvalue weighted by Crippen LogP contribution is -2.19. The van der Waals surface area contributed by atoms with Gasteiger partial charge in [-0.3, -0.25) is 0 Å². The highest BCUT2D eigenvalue weighted by Gasteiger charge is 2.30. The van der Waals surface area contributed by atoms with E-state index in [1.54, 1.807) is 0 Å². The zero-order chi connectivity index (χ0) is 27.7. The first-order valence-electron chi connectivity index (χ1n) is 14.2. The van der Waals surface area contributed by atoms with Crippen molar-refractivity contribution in [1.29, 1.82) is 0 Å². The summed E-state index contributed by atoms with van der Waals surface area (Å²) >= 11 is 0. The minimum atomic E-state index is -0.138. The van der Waals surface area contributed by atoms with E-state index in [9.17, 15) is 10.2 Å². The van der Waals surface area contributed by atoms with E-state index >= 15 is 0 Å². The second-order valence-corrected chi connectivity index (χ2v) is 13.3. The Morgan fingerprint density at radius 3 is 1.08 bits per heavy atom. The van der Waals surface area contributed by atoms with Gasteiger partial charge >= 0.3 is 0 Å². The van der Waals surface area contributed by atoms with E-state index in [0.29, 0.717) is 23.3 Å². The molecule has 2 N–H and O–H groups in total. The Bertz CT molecular complexity index is 958. The first kappa shape index (κ1) is 30.3. The molecule has 0 heterocycles. The highest BCUT2D eigenvalue weighted by molar-refractivity contribution is 5.56. The predicted octanol–water partition coefficient (Wildman–Crippen LogP) is 10.1. The van der Waals surface area contributed by atoms with Crippen molar-refractivity contribution in [3.8, 4) is 11.5 Å². The molecule has 0 saturated heterocycles. The summed E-state index contributed by atoms with van der Waals surface area (Å²) in [7, 11) is 0. The fourth-order valence-electron chi connectivity index (χ4n) is 4.79. The summed E-state index contributed by atoms with van der Waals surface area (Å²) in [5, 5.41) is 23.3. The second kappa shape index (κ2) is 11.2. The topological polar surface area (TPSA) is 40.5 Å². The Balaban J connectivity index is 2.89. The Morgan fingerprint density at radius 1 is 0.556 bits per heavy atom. The van der Waals surface area contributed by atoms with Crippen molar-refractivity contribution in [2.45, 2.75) is 131 Å². The zero-order valence-electron chi connectivity index (χ0n) is 25.5. The van der Waals surface area contributed by atoms with Gasteiger partial charge in [-0.2, -0.15) is 0 Å². The first-order chi connectivity index (χ1) is 16.5. The van der Waals surface area contributed by atoms with Crippen molar-refractivity contribution in [3.63, 3.8) is 0 Å². The van der Waals surface area contributed by atoms with E-state index in [0.717, 1.165) is 35.1 Å². The van der Waals surface area contributed by atoms with E-state index in [4.69, 9.17) is 0 Å². The lowest BCUT2D eigenvalue weighted by Gasteiger charge is -2.31. The van der Waals surface area contributed by atoms with Crippen molar-refractivity contribution < 1.29 is 10.2 Å². The summed E-state index contributed by atoms with van der Waals surface area (Å²) in [4.78, 5) is 0. The molecule has 2 rings (SSSR count). The molecule has 0 fully saturated rings. The molecule has 36 heavy (non-hydrogen) atoms. The minimum absolute atomic E-state index is 0.000961. The van der Waals surface area contributed by atoms with Gasteiger partial charge in [-0.1, -0.05) is 114 Å². The van der Waals surface area contributed by atoms with Crippen LogP contribution in [0.25, 0.3) is 0 Å². The average molecular weight is 495 g/mol. The molecule has 0 saturated carbocycles. The molecule has 2 nitrogen and oxygen atoms in total. The van der Waals surface area contributed by atoms with E-state index in [2.05, 4.69) is 114 Å². The highest BCUT2D eigenvalue weighted by atomic mass is 16.3. The molecule has 0 spiro atoms. The van der Waals surface area contributed by atoms with Crippen LogP contribution in [-0.4, -0.2) is 10.2 Å². The van der Waals surface area contributed by atoms with Gasteiger partial charge in [0.1, 0.15) is 11.5 Å². The van der Waals surface area contributed by atoms with Gasteiger partial charge in [-0.15, -0.1) is 0 Å². The Labute approximate surface area is 222 Å². The van der Waals surface area contributed by atoms with Gasteiger partial charge in [0.2, 0.25) is 0 Å². The summed E-state index contributed by atoms with van der Waals surface area (Å²) in [6.45, 7) is 29.0. The van der Waals surface area contributed by atoms with E-state index in [-0.39, 0.29) is 28.6 Å². The normalized spacial score (nSPS) is 15.4. The lowest BCUT2D eigenvalue weighted by atomic mass is 9.74. The lowest BCUT2D eigenvalue weighted by molar-refractivity contribution is 0.425. The molecule has 2 atom stereocenters. The zero-order valence-corrected chi connectivity index (χ0v) is 25.5. The van der Waals surface area contributed by atoms with Crippen molar-refractivity contribution in [2.75, 3.05) is 0 Å². The van der Waals surface area contributed by atoms with Gasteiger partial charge in [-0.05, 0) is 69.6 Å². The molecular weight excluding hydrogens is 440 g/mol. The fraction of sp³-hybridized carbons (Fsp3) is 0.647. The standard InChI is InChI=1S/C34H54O2/c1-14-33(10,11)25-16-27(22(7)20(3)4)31(35)29(18-25)24(9)30-19-26(34(12,13)15-2)17-28(32(30)36)23(8)21(5)6/h16-24,35-36H,14-15H2,1-13H3. The van der Waals surface area contributed by atoms with Crippen LogP contribution in [0, 0.1) is 11.8 Å².